The van der Waals surface area contributed by atoms with Crippen molar-refractivity contribution in [2.24, 2.45) is 5.73 Å². The number of hydrogen-bond acceptors (Lipinski definition) is 4. The van der Waals surface area contributed by atoms with Crippen molar-refractivity contribution in [3.8, 4) is 5.75 Å². The maximum atomic E-state index is 9.24. The van der Waals surface area contributed by atoms with E-state index in [0.717, 1.165) is 43.9 Å². The van der Waals surface area contributed by atoms with Gasteiger partial charge in [0.25, 0.3) is 0 Å². The Labute approximate surface area is 115 Å². The molecule has 0 bridgehead atoms. The van der Waals surface area contributed by atoms with E-state index in [-0.39, 0.29) is 6.61 Å². The number of nitrogens with two attached hydrogens (primary N) is 1. The van der Waals surface area contributed by atoms with Crippen LogP contribution < -0.4 is 10.5 Å². The summed E-state index contributed by atoms with van der Waals surface area (Å²) in [5.74, 6) is 0.900. The van der Waals surface area contributed by atoms with Gasteiger partial charge in [0.1, 0.15) is 5.75 Å². The molecule has 1 aliphatic rings. The maximum absolute atomic E-state index is 9.24. The molecule has 0 aliphatic carbocycles. The number of ether oxygens (including phenoxy) is 1. The lowest BCUT2D eigenvalue weighted by atomic mass is 10.2. The predicted octanol–water partition coefficient (Wildman–Crippen LogP) is 1.37. The van der Waals surface area contributed by atoms with Crippen molar-refractivity contribution in [3.05, 3.63) is 29.8 Å². The van der Waals surface area contributed by atoms with Gasteiger partial charge in [-0.1, -0.05) is 12.1 Å². The van der Waals surface area contributed by atoms with Crippen LogP contribution in [-0.4, -0.2) is 42.4 Å². The lowest BCUT2D eigenvalue weighted by Crippen LogP contribution is -2.33. The van der Waals surface area contributed by atoms with Gasteiger partial charge in [-0.3, -0.25) is 4.90 Å². The molecule has 1 aromatic rings. The van der Waals surface area contributed by atoms with Gasteiger partial charge in [-0.25, -0.2) is 0 Å². The SMILES string of the molecule is NCc1ccc(OCCCN2CCCC2CO)cc1. The zero-order valence-corrected chi connectivity index (χ0v) is 11.4. The normalized spacial score (nSPS) is 19.8. The molecule has 1 atom stereocenters. The van der Waals surface area contributed by atoms with Crippen LogP contribution in [-0.2, 0) is 6.54 Å². The van der Waals surface area contributed by atoms with Crippen LogP contribution in [0.25, 0.3) is 0 Å². The van der Waals surface area contributed by atoms with Crippen molar-refractivity contribution in [2.75, 3.05) is 26.3 Å². The van der Waals surface area contributed by atoms with Crippen molar-refractivity contribution in [2.45, 2.75) is 31.8 Å². The van der Waals surface area contributed by atoms with E-state index in [4.69, 9.17) is 10.5 Å². The minimum absolute atomic E-state index is 0.279. The molecule has 0 spiro atoms. The summed E-state index contributed by atoms with van der Waals surface area (Å²) in [5.41, 5.74) is 6.67. The average Bonchev–Trinajstić information content (AvgIpc) is 2.91. The van der Waals surface area contributed by atoms with Crippen LogP contribution in [0.1, 0.15) is 24.8 Å². The first-order valence-electron chi connectivity index (χ1n) is 7.10. The summed E-state index contributed by atoms with van der Waals surface area (Å²) in [6.45, 7) is 3.68. The standard InChI is InChI=1S/C15H24N2O2/c16-11-13-4-6-15(7-5-13)19-10-2-9-17-8-1-3-14(17)12-18/h4-7,14,18H,1-3,8-12,16H2. The van der Waals surface area contributed by atoms with Gasteiger partial charge in [0.15, 0.2) is 0 Å². The molecule has 2 rings (SSSR count). The minimum Gasteiger partial charge on any atom is -0.494 e. The molecule has 4 heteroatoms. The van der Waals surface area contributed by atoms with Gasteiger partial charge in [0.05, 0.1) is 13.2 Å². The molecular formula is C15H24N2O2. The average molecular weight is 264 g/mol. The first-order valence-corrected chi connectivity index (χ1v) is 7.10. The van der Waals surface area contributed by atoms with Gasteiger partial charge in [0, 0.05) is 19.1 Å². The highest BCUT2D eigenvalue weighted by Crippen LogP contribution is 2.17. The summed E-state index contributed by atoms with van der Waals surface area (Å²) < 4.78 is 5.70. The Morgan fingerprint density at radius 2 is 2.11 bits per heavy atom. The molecule has 1 aliphatic heterocycles. The van der Waals surface area contributed by atoms with Crippen LogP contribution in [0.4, 0.5) is 0 Å². The Morgan fingerprint density at radius 3 is 2.79 bits per heavy atom. The lowest BCUT2D eigenvalue weighted by molar-refractivity contribution is 0.150. The number of benzene rings is 1. The Bertz CT molecular complexity index is 367. The molecule has 3 N–H and O–H groups in total. The van der Waals surface area contributed by atoms with Crippen molar-refractivity contribution in [1.29, 1.82) is 0 Å². The van der Waals surface area contributed by atoms with Crippen molar-refractivity contribution < 1.29 is 9.84 Å². The van der Waals surface area contributed by atoms with E-state index in [1.165, 1.54) is 6.42 Å². The third-order valence-corrected chi connectivity index (χ3v) is 3.73. The number of aliphatic hydroxyl groups excluding tert-OH is 1. The van der Waals surface area contributed by atoms with E-state index in [1.807, 2.05) is 24.3 Å². The molecule has 0 saturated carbocycles. The molecule has 1 fully saturated rings. The molecule has 1 unspecified atom stereocenters. The predicted molar refractivity (Wildman–Crippen MR) is 76.1 cm³/mol. The van der Waals surface area contributed by atoms with Crippen LogP contribution in [0, 0.1) is 0 Å². The third kappa shape index (κ3) is 4.20. The Balaban J connectivity index is 1.66. The lowest BCUT2D eigenvalue weighted by Gasteiger charge is -2.22. The van der Waals surface area contributed by atoms with E-state index in [2.05, 4.69) is 4.90 Å². The number of aliphatic hydroxyl groups is 1. The van der Waals surface area contributed by atoms with Gasteiger partial charge in [-0.15, -0.1) is 0 Å². The van der Waals surface area contributed by atoms with Gasteiger partial charge in [-0.05, 0) is 43.5 Å². The second-order valence-corrected chi connectivity index (χ2v) is 5.06. The van der Waals surface area contributed by atoms with Gasteiger partial charge < -0.3 is 15.6 Å². The summed E-state index contributed by atoms with van der Waals surface area (Å²) in [6, 6.07) is 8.29. The molecule has 106 valence electrons. The van der Waals surface area contributed by atoms with Crippen molar-refractivity contribution in [3.63, 3.8) is 0 Å². The summed E-state index contributed by atoms with van der Waals surface area (Å²) >= 11 is 0. The smallest absolute Gasteiger partial charge is 0.119 e. The van der Waals surface area contributed by atoms with Crippen LogP contribution in [0.15, 0.2) is 24.3 Å². The number of likely N-dealkylation sites (tertiary alicyclic amines) is 1. The second-order valence-electron chi connectivity index (χ2n) is 5.06. The molecule has 1 heterocycles. The summed E-state index contributed by atoms with van der Waals surface area (Å²) in [5, 5.41) is 9.24. The second kappa shape index (κ2) is 7.48. The number of hydrogen-bond donors (Lipinski definition) is 2. The van der Waals surface area contributed by atoms with Crippen molar-refractivity contribution >= 4 is 0 Å². The molecule has 0 radical (unpaired) electrons. The fourth-order valence-electron chi connectivity index (χ4n) is 2.58. The van der Waals surface area contributed by atoms with Gasteiger partial charge in [-0.2, -0.15) is 0 Å². The maximum Gasteiger partial charge on any atom is 0.119 e. The van der Waals surface area contributed by atoms with Crippen molar-refractivity contribution in [1.82, 2.24) is 4.90 Å². The number of nitrogens with zero attached hydrogens (tertiary/aromatic N) is 1. The quantitative estimate of drug-likeness (QED) is 0.730. The zero-order chi connectivity index (χ0) is 13.5. The van der Waals surface area contributed by atoms with Crippen LogP contribution >= 0.6 is 0 Å². The zero-order valence-electron chi connectivity index (χ0n) is 11.4. The summed E-state index contributed by atoms with van der Waals surface area (Å²) in [7, 11) is 0. The minimum atomic E-state index is 0.279. The molecule has 1 saturated heterocycles. The van der Waals surface area contributed by atoms with E-state index < -0.39 is 0 Å². The van der Waals surface area contributed by atoms with E-state index in [1.54, 1.807) is 0 Å². The molecule has 4 nitrogen and oxygen atoms in total. The molecule has 0 amide bonds. The first-order chi connectivity index (χ1) is 9.33. The van der Waals surface area contributed by atoms with E-state index in [9.17, 15) is 5.11 Å². The topological polar surface area (TPSA) is 58.7 Å². The Hall–Kier alpha value is -1.10. The fraction of sp³-hybridized carbons (Fsp3) is 0.600. The molecular weight excluding hydrogens is 240 g/mol. The van der Waals surface area contributed by atoms with Crippen LogP contribution in [0.2, 0.25) is 0 Å². The fourth-order valence-corrected chi connectivity index (χ4v) is 2.58. The van der Waals surface area contributed by atoms with Crippen LogP contribution in [0.3, 0.4) is 0 Å². The third-order valence-electron chi connectivity index (χ3n) is 3.73. The first kappa shape index (κ1) is 14.3. The molecule has 0 aromatic heterocycles. The Morgan fingerprint density at radius 1 is 1.32 bits per heavy atom. The monoisotopic (exact) mass is 264 g/mol. The highest BCUT2D eigenvalue weighted by atomic mass is 16.5. The molecule has 1 aromatic carbocycles. The van der Waals surface area contributed by atoms with E-state index in [0.29, 0.717) is 12.6 Å². The van der Waals surface area contributed by atoms with Crippen LogP contribution in [0.5, 0.6) is 5.75 Å². The largest absolute Gasteiger partial charge is 0.494 e. The summed E-state index contributed by atoms with van der Waals surface area (Å²) in [4.78, 5) is 2.36. The molecule has 19 heavy (non-hydrogen) atoms. The van der Waals surface area contributed by atoms with Gasteiger partial charge >= 0.3 is 0 Å². The summed E-state index contributed by atoms with van der Waals surface area (Å²) in [6.07, 6.45) is 3.32. The Kier molecular flexibility index (Phi) is 5.63. The van der Waals surface area contributed by atoms with E-state index >= 15 is 0 Å². The highest BCUT2D eigenvalue weighted by Gasteiger charge is 2.22. The highest BCUT2D eigenvalue weighted by molar-refractivity contribution is 5.26. The number of rotatable bonds is 7. The van der Waals surface area contributed by atoms with Gasteiger partial charge in [0.2, 0.25) is 0 Å².